The summed E-state index contributed by atoms with van der Waals surface area (Å²) in [5.74, 6) is -0.0978. The molecule has 82 valence electrons. The molecule has 0 saturated carbocycles. The van der Waals surface area contributed by atoms with Crippen LogP contribution in [0.4, 0.5) is 4.39 Å². The molecule has 0 aliphatic heterocycles. The Balaban J connectivity index is 0. The van der Waals surface area contributed by atoms with Gasteiger partial charge in [-0.05, 0) is 30.5 Å². The van der Waals surface area contributed by atoms with Crippen LogP contribution in [0.3, 0.4) is 0 Å². The molecule has 0 aromatic heterocycles. The maximum atomic E-state index is 12.8. The molecule has 0 amide bonds. The van der Waals surface area contributed by atoms with Crippen LogP contribution in [-0.4, -0.2) is 0 Å². The molecule has 0 N–H and O–H groups in total. The molecule has 0 nitrogen and oxygen atoms in total. The van der Waals surface area contributed by atoms with Crippen molar-refractivity contribution >= 4 is 0 Å². The highest BCUT2D eigenvalue weighted by Gasteiger charge is 1.95. The number of hydrogen-bond acceptors (Lipinski definition) is 0. The molecule has 0 heterocycles. The van der Waals surface area contributed by atoms with E-state index < -0.39 is 0 Å². The number of hydrogen-bond donors (Lipinski definition) is 0. The van der Waals surface area contributed by atoms with Crippen molar-refractivity contribution in [3.05, 3.63) is 35.1 Å². The third kappa shape index (κ3) is 5.74. The highest BCUT2D eigenvalue weighted by molar-refractivity contribution is 5.22. The average molecular weight is 198 g/mol. The third-order valence-electron chi connectivity index (χ3n) is 1.64. The molecule has 0 fully saturated rings. The molecule has 14 heavy (non-hydrogen) atoms. The van der Waals surface area contributed by atoms with Gasteiger partial charge in [-0.15, -0.1) is 0 Å². The summed E-state index contributed by atoms with van der Waals surface area (Å²) in [6.07, 6.45) is 0.900. The van der Waals surface area contributed by atoms with E-state index in [1.54, 1.807) is 13.0 Å². The Labute approximate surface area is 88.2 Å². The summed E-state index contributed by atoms with van der Waals surface area (Å²) < 4.78 is 12.8. The van der Waals surface area contributed by atoms with Gasteiger partial charge in [0.05, 0.1) is 0 Å². The third-order valence-corrected chi connectivity index (χ3v) is 1.64. The van der Waals surface area contributed by atoms with E-state index in [1.165, 1.54) is 0 Å². The number of benzene rings is 1. The van der Waals surface area contributed by atoms with E-state index in [0.717, 1.165) is 17.5 Å². The summed E-state index contributed by atoms with van der Waals surface area (Å²) in [5.41, 5.74) is 1.78. The van der Waals surface area contributed by atoms with Gasteiger partial charge in [-0.25, -0.2) is 4.39 Å². The quantitative estimate of drug-likeness (QED) is 0.611. The fourth-order valence-electron chi connectivity index (χ4n) is 0.856. The standard InChI is InChI=1S/C9H11F.2C2H6/c1-3-8-5-4-7(2)9(10)6-8;2*1-2/h4-6H,3H2,1-2H3;2*1-2H3. The summed E-state index contributed by atoms with van der Waals surface area (Å²) in [6.45, 7) is 11.8. The van der Waals surface area contributed by atoms with Gasteiger partial charge in [0.25, 0.3) is 0 Å². The summed E-state index contributed by atoms with van der Waals surface area (Å²) in [6, 6.07) is 5.36. The van der Waals surface area contributed by atoms with Crippen LogP contribution in [0.25, 0.3) is 0 Å². The zero-order valence-corrected chi connectivity index (χ0v) is 10.3. The van der Waals surface area contributed by atoms with Crippen molar-refractivity contribution < 1.29 is 4.39 Å². The van der Waals surface area contributed by atoms with Gasteiger partial charge in [0.1, 0.15) is 5.82 Å². The van der Waals surface area contributed by atoms with Crippen molar-refractivity contribution in [1.82, 2.24) is 0 Å². The molecule has 0 radical (unpaired) electrons. The van der Waals surface area contributed by atoms with Crippen LogP contribution in [0.5, 0.6) is 0 Å². The molecule has 1 aromatic rings. The first kappa shape index (κ1) is 15.6. The first-order chi connectivity index (χ1) is 6.74. The van der Waals surface area contributed by atoms with Gasteiger partial charge < -0.3 is 0 Å². The molecular weight excluding hydrogens is 175 g/mol. The van der Waals surface area contributed by atoms with Crippen molar-refractivity contribution in [2.24, 2.45) is 0 Å². The van der Waals surface area contributed by atoms with Gasteiger partial charge >= 0.3 is 0 Å². The van der Waals surface area contributed by atoms with Crippen molar-refractivity contribution in [2.45, 2.75) is 48.0 Å². The van der Waals surface area contributed by atoms with Gasteiger partial charge in [-0.1, -0.05) is 46.8 Å². The molecule has 1 aromatic carbocycles. The minimum Gasteiger partial charge on any atom is -0.207 e. The van der Waals surface area contributed by atoms with Gasteiger partial charge in [0.2, 0.25) is 0 Å². The summed E-state index contributed by atoms with van der Waals surface area (Å²) in [7, 11) is 0. The predicted octanol–water partition coefficient (Wildman–Crippen LogP) is 4.75. The van der Waals surface area contributed by atoms with E-state index in [2.05, 4.69) is 0 Å². The molecule has 1 rings (SSSR count). The Bertz CT molecular complexity index is 229. The highest BCUT2D eigenvalue weighted by atomic mass is 19.1. The lowest BCUT2D eigenvalue weighted by atomic mass is 10.1. The lowest BCUT2D eigenvalue weighted by Crippen LogP contribution is -1.85. The van der Waals surface area contributed by atoms with Crippen LogP contribution in [0, 0.1) is 12.7 Å². The van der Waals surface area contributed by atoms with Crippen LogP contribution in [0.2, 0.25) is 0 Å². The molecule has 0 bridgehead atoms. The zero-order valence-electron chi connectivity index (χ0n) is 10.3. The van der Waals surface area contributed by atoms with Crippen molar-refractivity contribution in [1.29, 1.82) is 0 Å². The Morgan fingerprint density at radius 1 is 1.07 bits per heavy atom. The van der Waals surface area contributed by atoms with Gasteiger partial charge in [-0.2, -0.15) is 0 Å². The molecule has 0 aliphatic carbocycles. The fraction of sp³-hybridized carbons (Fsp3) is 0.538. The number of rotatable bonds is 1. The largest absolute Gasteiger partial charge is 0.207 e. The van der Waals surface area contributed by atoms with Crippen LogP contribution < -0.4 is 0 Å². The van der Waals surface area contributed by atoms with Crippen LogP contribution in [0.1, 0.15) is 45.7 Å². The summed E-state index contributed by atoms with van der Waals surface area (Å²) in [4.78, 5) is 0. The average Bonchev–Trinajstić information content (AvgIpc) is 2.28. The molecule has 0 aliphatic rings. The van der Waals surface area contributed by atoms with Crippen molar-refractivity contribution in [3.63, 3.8) is 0 Å². The maximum Gasteiger partial charge on any atom is 0.126 e. The second kappa shape index (κ2) is 10.2. The molecule has 0 unspecified atom stereocenters. The van der Waals surface area contributed by atoms with E-state index in [9.17, 15) is 4.39 Å². The minimum absolute atomic E-state index is 0.0978. The highest BCUT2D eigenvalue weighted by Crippen LogP contribution is 2.08. The Kier molecular flexibility index (Phi) is 11.4. The van der Waals surface area contributed by atoms with Crippen molar-refractivity contribution in [3.8, 4) is 0 Å². The fourth-order valence-corrected chi connectivity index (χ4v) is 0.856. The first-order valence-electron chi connectivity index (χ1n) is 5.49. The Morgan fingerprint density at radius 3 is 1.93 bits per heavy atom. The lowest BCUT2D eigenvalue weighted by molar-refractivity contribution is 0.616. The molecule has 0 atom stereocenters. The van der Waals surface area contributed by atoms with E-state index in [1.807, 2.05) is 46.8 Å². The van der Waals surface area contributed by atoms with Gasteiger partial charge in [0.15, 0.2) is 0 Å². The Morgan fingerprint density at radius 2 is 1.57 bits per heavy atom. The molecular formula is C13H23F. The predicted molar refractivity (Wildman–Crippen MR) is 63.2 cm³/mol. The van der Waals surface area contributed by atoms with Crippen LogP contribution >= 0.6 is 0 Å². The van der Waals surface area contributed by atoms with Gasteiger partial charge in [0, 0.05) is 0 Å². The smallest absolute Gasteiger partial charge is 0.126 e. The topological polar surface area (TPSA) is 0 Å². The van der Waals surface area contributed by atoms with Crippen LogP contribution in [0.15, 0.2) is 18.2 Å². The first-order valence-corrected chi connectivity index (χ1v) is 5.49. The maximum absolute atomic E-state index is 12.8. The normalized spacial score (nSPS) is 7.93. The summed E-state index contributed by atoms with van der Waals surface area (Å²) in [5, 5.41) is 0. The minimum atomic E-state index is -0.0978. The lowest BCUT2D eigenvalue weighted by Gasteiger charge is -1.98. The van der Waals surface area contributed by atoms with Crippen molar-refractivity contribution in [2.75, 3.05) is 0 Å². The zero-order chi connectivity index (χ0) is 11.6. The molecule has 1 heteroatoms. The van der Waals surface area contributed by atoms with Gasteiger partial charge in [-0.3, -0.25) is 0 Å². The van der Waals surface area contributed by atoms with E-state index >= 15 is 0 Å². The SMILES string of the molecule is CC.CC.CCc1ccc(C)c(F)c1. The second-order valence-electron chi connectivity index (χ2n) is 2.44. The Hall–Kier alpha value is -0.850. The van der Waals surface area contributed by atoms with E-state index in [-0.39, 0.29) is 5.82 Å². The molecule has 0 spiro atoms. The van der Waals surface area contributed by atoms with E-state index in [4.69, 9.17) is 0 Å². The van der Waals surface area contributed by atoms with Crippen LogP contribution in [-0.2, 0) is 6.42 Å². The van der Waals surface area contributed by atoms with E-state index in [0.29, 0.717) is 0 Å². The molecule has 0 saturated heterocycles. The number of halogens is 1. The summed E-state index contributed by atoms with van der Waals surface area (Å²) >= 11 is 0. The monoisotopic (exact) mass is 198 g/mol. The number of aryl methyl sites for hydroxylation is 2. The second-order valence-corrected chi connectivity index (χ2v) is 2.44.